The van der Waals surface area contributed by atoms with Crippen molar-refractivity contribution in [3.63, 3.8) is 0 Å². The number of nitrogens with one attached hydrogen (secondary N) is 1. The molecule has 0 saturated heterocycles. The van der Waals surface area contributed by atoms with E-state index in [1.54, 1.807) is 6.92 Å². The molecular weight excluding hydrogens is 230 g/mol. The summed E-state index contributed by atoms with van der Waals surface area (Å²) < 4.78 is 0. The van der Waals surface area contributed by atoms with Gasteiger partial charge in [-0.15, -0.1) is 0 Å². The highest BCUT2D eigenvalue weighted by Gasteiger charge is 2.09. The van der Waals surface area contributed by atoms with Crippen LogP contribution in [0.2, 0.25) is 0 Å². The van der Waals surface area contributed by atoms with Crippen molar-refractivity contribution in [2.24, 2.45) is 5.92 Å². The molecule has 0 rings (SSSR count). The molecule has 4 nitrogen and oxygen atoms in total. The average Bonchev–Trinajstić information content (AvgIpc) is 2.34. The van der Waals surface area contributed by atoms with Gasteiger partial charge in [-0.2, -0.15) is 0 Å². The molecule has 1 unspecified atom stereocenters. The second-order valence-corrected chi connectivity index (χ2v) is 4.90. The van der Waals surface area contributed by atoms with E-state index < -0.39 is 5.97 Å². The number of carboxylic acid groups (broad SMARTS) is 1. The topological polar surface area (TPSA) is 66.4 Å². The van der Waals surface area contributed by atoms with Crippen LogP contribution < -0.4 is 5.32 Å². The maximum Gasteiger partial charge on any atom is 0.306 e. The molecule has 0 aromatic heterocycles. The van der Waals surface area contributed by atoms with Gasteiger partial charge in [0.25, 0.3) is 0 Å². The highest BCUT2D eigenvalue weighted by atomic mass is 16.4. The van der Waals surface area contributed by atoms with Crippen molar-refractivity contribution >= 4 is 11.9 Å². The lowest BCUT2D eigenvalue weighted by Gasteiger charge is -2.07. The number of hydrogen-bond acceptors (Lipinski definition) is 2. The Bertz CT molecular complexity index is 241. The fourth-order valence-corrected chi connectivity index (χ4v) is 1.74. The van der Waals surface area contributed by atoms with Crippen LogP contribution in [0.3, 0.4) is 0 Å². The molecule has 0 radical (unpaired) electrons. The van der Waals surface area contributed by atoms with Crippen LogP contribution in [0.1, 0.15) is 65.2 Å². The number of unbranched alkanes of at least 4 members (excludes halogenated alkanes) is 4. The van der Waals surface area contributed by atoms with Gasteiger partial charge in [-0.3, -0.25) is 9.59 Å². The van der Waals surface area contributed by atoms with Crippen LogP contribution in [0, 0.1) is 5.92 Å². The van der Waals surface area contributed by atoms with Crippen molar-refractivity contribution in [1.29, 1.82) is 0 Å². The highest BCUT2D eigenvalue weighted by Crippen LogP contribution is 2.06. The number of hydrogen-bond donors (Lipinski definition) is 2. The minimum atomic E-state index is -0.766. The molecule has 0 aliphatic heterocycles. The van der Waals surface area contributed by atoms with Crippen LogP contribution in [0.5, 0.6) is 0 Å². The number of aliphatic carboxylic acids is 1. The van der Waals surface area contributed by atoms with Gasteiger partial charge in [0.05, 0.1) is 5.92 Å². The summed E-state index contributed by atoms with van der Waals surface area (Å²) in [6.07, 6.45) is 7.69. The van der Waals surface area contributed by atoms with E-state index in [0.717, 1.165) is 19.3 Å². The molecule has 0 spiro atoms. The Morgan fingerprint density at radius 2 is 1.78 bits per heavy atom. The normalized spacial score (nSPS) is 12.1. The van der Waals surface area contributed by atoms with Gasteiger partial charge in [0.15, 0.2) is 0 Å². The smallest absolute Gasteiger partial charge is 0.306 e. The van der Waals surface area contributed by atoms with Crippen LogP contribution in [-0.4, -0.2) is 23.5 Å². The quantitative estimate of drug-likeness (QED) is 0.559. The third kappa shape index (κ3) is 10.1. The lowest BCUT2D eigenvalue weighted by molar-refractivity contribution is -0.141. The number of carboxylic acids is 1. The summed E-state index contributed by atoms with van der Waals surface area (Å²) in [7, 11) is 0. The molecule has 0 heterocycles. The van der Waals surface area contributed by atoms with Crippen LogP contribution in [0.4, 0.5) is 0 Å². The van der Waals surface area contributed by atoms with Gasteiger partial charge >= 0.3 is 5.97 Å². The molecule has 2 N–H and O–H groups in total. The maximum absolute atomic E-state index is 11.4. The highest BCUT2D eigenvalue weighted by molar-refractivity contribution is 5.75. The van der Waals surface area contributed by atoms with E-state index in [1.807, 2.05) is 0 Å². The van der Waals surface area contributed by atoms with Crippen LogP contribution in [0.15, 0.2) is 0 Å². The summed E-state index contributed by atoms with van der Waals surface area (Å²) in [5, 5.41) is 11.5. The lowest BCUT2D eigenvalue weighted by Crippen LogP contribution is -2.24. The Hall–Kier alpha value is -1.06. The first-order valence-electron chi connectivity index (χ1n) is 7.07. The van der Waals surface area contributed by atoms with Gasteiger partial charge in [-0.1, -0.05) is 39.5 Å². The van der Waals surface area contributed by atoms with Crippen molar-refractivity contribution in [3.8, 4) is 0 Å². The Balaban J connectivity index is 3.34. The first-order valence-corrected chi connectivity index (χ1v) is 7.07. The van der Waals surface area contributed by atoms with E-state index in [1.165, 1.54) is 19.3 Å². The molecule has 106 valence electrons. The fourth-order valence-electron chi connectivity index (χ4n) is 1.74. The first-order chi connectivity index (χ1) is 8.57. The van der Waals surface area contributed by atoms with Crippen molar-refractivity contribution < 1.29 is 14.7 Å². The predicted octanol–water partition coefficient (Wildman–Crippen LogP) is 2.96. The van der Waals surface area contributed by atoms with Crippen LogP contribution in [0.25, 0.3) is 0 Å². The van der Waals surface area contributed by atoms with E-state index in [-0.39, 0.29) is 11.8 Å². The molecule has 0 saturated carbocycles. The van der Waals surface area contributed by atoms with E-state index in [9.17, 15) is 9.59 Å². The molecular formula is C14H27NO3. The Morgan fingerprint density at radius 3 is 2.39 bits per heavy atom. The minimum Gasteiger partial charge on any atom is -0.481 e. The Kier molecular flexibility index (Phi) is 10.4. The van der Waals surface area contributed by atoms with Crippen molar-refractivity contribution in [1.82, 2.24) is 5.32 Å². The number of rotatable bonds is 11. The summed E-state index contributed by atoms with van der Waals surface area (Å²) in [4.78, 5) is 22.0. The SMILES string of the molecule is CCCCCCCC(=O)NCCCC(C)C(=O)O. The molecule has 0 aromatic rings. The molecule has 0 fully saturated rings. The molecule has 0 aliphatic carbocycles. The van der Waals surface area contributed by atoms with Gasteiger partial charge in [-0.05, 0) is 19.3 Å². The number of carbonyl (C=O) groups excluding carboxylic acids is 1. The Labute approximate surface area is 110 Å². The zero-order valence-electron chi connectivity index (χ0n) is 11.7. The summed E-state index contributed by atoms with van der Waals surface area (Å²) in [6.45, 7) is 4.45. The molecule has 1 atom stereocenters. The average molecular weight is 257 g/mol. The Morgan fingerprint density at radius 1 is 1.11 bits per heavy atom. The molecule has 1 amide bonds. The molecule has 0 aliphatic rings. The monoisotopic (exact) mass is 257 g/mol. The second-order valence-electron chi connectivity index (χ2n) is 4.90. The standard InChI is InChI=1S/C14H27NO3/c1-3-4-5-6-7-10-13(16)15-11-8-9-12(2)14(17)18/h12H,3-11H2,1-2H3,(H,15,16)(H,17,18). The van der Waals surface area contributed by atoms with Crippen molar-refractivity contribution in [3.05, 3.63) is 0 Å². The van der Waals surface area contributed by atoms with Gasteiger partial charge < -0.3 is 10.4 Å². The van der Waals surface area contributed by atoms with E-state index >= 15 is 0 Å². The van der Waals surface area contributed by atoms with Gasteiger partial charge in [0.1, 0.15) is 0 Å². The zero-order valence-corrected chi connectivity index (χ0v) is 11.7. The molecule has 4 heteroatoms. The van der Waals surface area contributed by atoms with E-state index in [0.29, 0.717) is 19.4 Å². The lowest BCUT2D eigenvalue weighted by atomic mass is 10.1. The summed E-state index contributed by atoms with van der Waals surface area (Å²) in [6, 6.07) is 0. The zero-order chi connectivity index (χ0) is 13.8. The van der Waals surface area contributed by atoms with Crippen LogP contribution >= 0.6 is 0 Å². The molecule has 0 bridgehead atoms. The predicted molar refractivity (Wildman–Crippen MR) is 72.4 cm³/mol. The van der Waals surface area contributed by atoms with Gasteiger partial charge in [-0.25, -0.2) is 0 Å². The third-order valence-electron chi connectivity index (χ3n) is 3.07. The number of carbonyl (C=O) groups is 2. The van der Waals surface area contributed by atoms with E-state index in [2.05, 4.69) is 12.2 Å². The largest absolute Gasteiger partial charge is 0.481 e. The summed E-state index contributed by atoms with van der Waals surface area (Å²) in [5.74, 6) is -0.998. The first kappa shape index (κ1) is 16.9. The van der Waals surface area contributed by atoms with Gasteiger partial charge in [0.2, 0.25) is 5.91 Å². The van der Waals surface area contributed by atoms with Crippen molar-refractivity contribution in [2.75, 3.05) is 6.54 Å². The summed E-state index contributed by atoms with van der Waals surface area (Å²) in [5.41, 5.74) is 0. The maximum atomic E-state index is 11.4. The van der Waals surface area contributed by atoms with Crippen molar-refractivity contribution in [2.45, 2.75) is 65.2 Å². The number of amides is 1. The molecule has 18 heavy (non-hydrogen) atoms. The van der Waals surface area contributed by atoms with E-state index in [4.69, 9.17) is 5.11 Å². The van der Waals surface area contributed by atoms with Crippen LogP contribution in [-0.2, 0) is 9.59 Å². The third-order valence-corrected chi connectivity index (χ3v) is 3.07. The second kappa shape index (κ2) is 11.1. The van der Waals surface area contributed by atoms with Gasteiger partial charge in [0, 0.05) is 13.0 Å². The minimum absolute atomic E-state index is 0.0921. The fraction of sp³-hybridized carbons (Fsp3) is 0.857. The summed E-state index contributed by atoms with van der Waals surface area (Å²) >= 11 is 0. The molecule has 0 aromatic carbocycles.